The van der Waals surface area contributed by atoms with Crippen LogP contribution >= 0.6 is 11.3 Å². The first-order valence-electron chi connectivity index (χ1n) is 8.66. The van der Waals surface area contributed by atoms with Crippen molar-refractivity contribution in [1.82, 2.24) is 20.0 Å². The van der Waals surface area contributed by atoms with E-state index in [0.29, 0.717) is 11.0 Å². The molecule has 0 atom stereocenters. The fourth-order valence-electron chi connectivity index (χ4n) is 4.06. The molecule has 0 radical (unpaired) electrons. The monoisotopic (exact) mass is 358 g/mol. The van der Waals surface area contributed by atoms with E-state index in [2.05, 4.69) is 10.4 Å². The fraction of sp³-hybridized carbons (Fsp3) is 0.500. The predicted molar refractivity (Wildman–Crippen MR) is 95.6 cm³/mol. The van der Waals surface area contributed by atoms with Gasteiger partial charge in [0.1, 0.15) is 0 Å². The molecule has 1 N–H and O–H groups in total. The Morgan fingerprint density at radius 2 is 2.04 bits per heavy atom. The van der Waals surface area contributed by atoms with E-state index >= 15 is 0 Å². The van der Waals surface area contributed by atoms with E-state index in [0.717, 1.165) is 44.3 Å². The van der Waals surface area contributed by atoms with Crippen LogP contribution < -0.4 is 5.32 Å². The fourth-order valence-corrected chi connectivity index (χ4v) is 4.69. The van der Waals surface area contributed by atoms with Crippen LogP contribution in [0.4, 0.5) is 0 Å². The maximum atomic E-state index is 12.4. The Morgan fingerprint density at radius 1 is 1.28 bits per heavy atom. The van der Waals surface area contributed by atoms with E-state index in [1.165, 1.54) is 0 Å². The molecule has 132 valence electrons. The smallest absolute Gasteiger partial charge is 0.254 e. The van der Waals surface area contributed by atoms with Crippen LogP contribution in [0, 0.1) is 5.41 Å². The van der Waals surface area contributed by atoms with Crippen molar-refractivity contribution in [2.24, 2.45) is 12.5 Å². The lowest BCUT2D eigenvalue weighted by Crippen LogP contribution is -2.55. The first-order valence-corrected chi connectivity index (χ1v) is 9.60. The quantitative estimate of drug-likeness (QED) is 0.915. The molecule has 1 saturated carbocycles. The van der Waals surface area contributed by atoms with Crippen LogP contribution in [0.25, 0.3) is 0 Å². The maximum absolute atomic E-state index is 12.4. The highest BCUT2D eigenvalue weighted by Gasteiger charge is 2.46. The van der Waals surface area contributed by atoms with E-state index in [1.807, 2.05) is 21.7 Å². The van der Waals surface area contributed by atoms with Gasteiger partial charge in [0.15, 0.2) is 0 Å². The highest BCUT2D eigenvalue weighted by Crippen LogP contribution is 2.49. The Hall–Kier alpha value is -2.15. The van der Waals surface area contributed by atoms with Crippen molar-refractivity contribution in [1.29, 1.82) is 0 Å². The third kappa shape index (κ3) is 3.20. The summed E-state index contributed by atoms with van der Waals surface area (Å²) in [5, 5.41) is 11.0. The third-order valence-electron chi connectivity index (χ3n) is 5.54. The molecule has 2 aromatic heterocycles. The van der Waals surface area contributed by atoms with Crippen molar-refractivity contribution < 1.29 is 9.59 Å². The lowest BCUT2D eigenvalue weighted by molar-refractivity contribution is 0.00865. The Labute approximate surface area is 150 Å². The number of hydrogen-bond donors (Lipinski definition) is 1. The zero-order valence-corrected chi connectivity index (χ0v) is 15.1. The lowest BCUT2D eigenvalue weighted by atomic mass is 9.60. The van der Waals surface area contributed by atoms with Crippen LogP contribution in [-0.4, -0.2) is 45.6 Å². The zero-order chi connectivity index (χ0) is 17.4. The third-order valence-corrected chi connectivity index (χ3v) is 6.22. The standard InChI is InChI=1S/C18H22N4O2S/c1-21-11-14(10-19-21)16(23)20-15-8-18(9-15)3-5-22(6-4-18)17(24)13-2-7-25-12-13/h2,7,10-12,15H,3-6,8-9H2,1H3,(H,20,23). The number of nitrogens with one attached hydrogen (secondary N) is 1. The molecule has 2 amide bonds. The van der Waals surface area contributed by atoms with Crippen molar-refractivity contribution in [2.45, 2.75) is 31.7 Å². The molecule has 2 aromatic rings. The van der Waals surface area contributed by atoms with Crippen LogP contribution in [-0.2, 0) is 7.05 Å². The normalized spacial score (nSPS) is 19.6. The summed E-state index contributed by atoms with van der Waals surface area (Å²) in [5.74, 6) is 0.106. The number of likely N-dealkylation sites (tertiary alicyclic amines) is 1. The molecule has 7 heteroatoms. The molecule has 6 nitrogen and oxygen atoms in total. The van der Waals surface area contributed by atoms with Crippen LogP contribution in [0.5, 0.6) is 0 Å². The largest absolute Gasteiger partial charge is 0.349 e. The number of thiophene rings is 1. The first-order chi connectivity index (χ1) is 12.0. The molecule has 1 aliphatic heterocycles. The van der Waals surface area contributed by atoms with Gasteiger partial charge in [0.2, 0.25) is 0 Å². The molecule has 25 heavy (non-hydrogen) atoms. The first kappa shape index (κ1) is 16.3. The molecule has 0 aromatic carbocycles. The molecule has 1 spiro atoms. The Balaban J connectivity index is 1.26. The number of amides is 2. The summed E-state index contributed by atoms with van der Waals surface area (Å²) < 4.78 is 1.64. The Kier molecular flexibility index (Phi) is 4.11. The topological polar surface area (TPSA) is 67.2 Å². The van der Waals surface area contributed by atoms with Gasteiger partial charge in [-0.2, -0.15) is 16.4 Å². The average molecular weight is 358 g/mol. The van der Waals surface area contributed by atoms with Crippen molar-refractivity contribution in [3.8, 4) is 0 Å². The highest BCUT2D eigenvalue weighted by molar-refractivity contribution is 7.08. The van der Waals surface area contributed by atoms with Gasteiger partial charge in [-0.05, 0) is 42.5 Å². The van der Waals surface area contributed by atoms with Gasteiger partial charge in [0.25, 0.3) is 11.8 Å². The van der Waals surface area contributed by atoms with Gasteiger partial charge < -0.3 is 10.2 Å². The van der Waals surface area contributed by atoms with E-state index in [4.69, 9.17) is 0 Å². The Morgan fingerprint density at radius 3 is 2.64 bits per heavy atom. The summed E-state index contributed by atoms with van der Waals surface area (Å²) in [6, 6.07) is 2.14. The summed E-state index contributed by atoms with van der Waals surface area (Å²) >= 11 is 1.56. The second-order valence-corrected chi connectivity index (χ2v) is 8.07. The summed E-state index contributed by atoms with van der Waals surface area (Å²) in [6.07, 6.45) is 7.42. The van der Waals surface area contributed by atoms with Crippen LogP contribution in [0.2, 0.25) is 0 Å². The number of aryl methyl sites for hydroxylation is 1. The number of piperidine rings is 1. The minimum Gasteiger partial charge on any atom is -0.349 e. The number of rotatable bonds is 3. The molecule has 1 saturated heterocycles. The van der Waals surface area contributed by atoms with Gasteiger partial charge in [-0.15, -0.1) is 0 Å². The highest BCUT2D eigenvalue weighted by atomic mass is 32.1. The molecular formula is C18H22N4O2S. The van der Waals surface area contributed by atoms with Crippen molar-refractivity contribution in [2.75, 3.05) is 13.1 Å². The molecule has 3 heterocycles. The number of nitrogens with zero attached hydrogens (tertiary/aromatic N) is 3. The van der Waals surface area contributed by atoms with Crippen LogP contribution in [0.3, 0.4) is 0 Å². The van der Waals surface area contributed by atoms with E-state index in [1.54, 1.807) is 35.5 Å². The zero-order valence-electron chi connectivity index (χ0n) is 14.3. The maximum Gasteiger partial charge on any atom is 0.254 e. The summed E-state index contributed by atoms with van der Waals surface area (Å²) in [7, 11) is 1.81. The van der Waals surface area contributed by atoms with E-state index < -0.39 is 0 Å². The predicted octanol–water partition coefficient (Wildman–Crippen LogP) is 2.30. The minimum atomic E-state index is -0.0435. The van der Waals surface area contributed by atoms with Crippen LogP contribution in [0.15, 0.2) is 29.2 Å². The number of carbonyl (C=O) groups excluding carboxylic acids is 2. The minimum absolute atomic E-state index is 0.0435. The second-order valence-electron chi connectivity index (χ2n) is 7.29. The number of aromatic nitrogens is 2. The molecule has 1 aliphatic carbocycles. The second kappa shape index (κ2) is 6.29. The van der Waals surface area contributed by atoms with Crippen molar-refractivity contribution in [3.05, 3.63) is 40.3 Å². The molecule has 0 bridgehead atoms. The summed E-state index contributed by atoms with van der Waals surface area (Å²) in [4.78, 5) is 26.6. The lowest BCUT2D eigenvalue weighted by Gasteiger charge is -2.52. The molecule has 0 unspecified atom stereocenters. The van der Waals surface area contributed by atoms with Gasteiger partial charge in [-0.1, -0.05) is 0 Å². The summed E-state index contributed by atoms with van der Waals surface area (Å²) in [6.45, 7) is 1.63. The number of hydrogen-bond acceptors (Lipinski definition) is 4. The van der Waals surface area contributed by atoms with E-state index in [9.17, 15) is 9.59 Å². The Bertz CT molecular complexity index is 767. The van der Waals surface area contributed by atoms with Gasteiger partial charge in [-0.25, -0.2) is 0 Å². The van der Waals surface area contributed by atoms with Gasteiger partial charge in [0.05, 0.1) is 17.3 Å². The van der Waals surface area contributed by atoms with Gasteiger partial charge in [0, 0.05) is 37.8 Å². The molecular weight excluding hydrogens is 336 g/mol. The van der Waals surface area contributed by atoms with Gasteiger partial charge in [-0.3, -0.25) is 14.3 Å². The molecule has 2 aliphatic rings. The molecule has 2 fully saturated rings. The summed E-state index contributed by atoms with van der Waals surface area (Å²) in [5.41, 5.74) is 1.72. The average Bonchev–Trinajstić information content (AvgIpc) is 3.25. The van der Waals surface area contributed by atoms with Crippen molar-refractivity contribution in [3.63, 3.8) is 0 Å². The molecule has 4 rings (SSSR count). The van der Waals surface area contributed by atoms with E-state index in [-0.39, 0.29) is 17.9 Å². The SMILES string of the molecule is Cn1cc(C(=O)NC2CC3(CCN(C(=O)c4ccsc4)CC3)C2)cn1. The number of carbonyl (C=O) groups is 2. The van der Waals surface area contributed by atoms with Crippen molar-refractivity contribution >= 4 is 23.2 Å². The van der Waals surface area contributed by atoms with Crippen LogP contribution in [0.1, 0.15) is 46.4 Å². The van der Waals surface area contributed by atoms with Gasteiger partial charge >= 0.3 is 0 Å².